The molecular formula is C22H22ClN3O3. The van der Waals surface area contributed by atoms with E-state index in [1.54, 1.807) is 0 Å². The van der Waals surface area contributed by atoms with Gasteiger partial charge in [-0.05, 0) is 30.3 Å². The second-order valence-electron chi connectivity index (χ2n) is 7.37. The van der Waals surface area contributed by atoms with Crippen LogP contribution in [0.5, 0.6) is 5.75 Å². The number of rotatable bonds is 5. The van der Waals surface area contributed by atoms with Crippen molar-refractivity contribution >= 4 is 28.4 Å². The number of amides is 1. The Morgan fingerprint density at radius 3 is 2.86 bits per heavy atom. The number of aromatic nitrogens is 1. The number of ether oxygens (including phenoxy) is 2. The van der Waals surface area contributed by atoms with E-state index < -0.39 is 0 Å². The third-order valence-corrected chi connectivity index (χ3v) is 5.92. The summed E-state index contributed by atoms with van der Waals surface area (Å²) in [6, 6.07) is 11.8. The number of halogens is 1. The summed E-state index contributed by atoms with van der Waals surface area (Å²) in [5.74, 6) is 0.763. The molecule has 0 aliphatic carbocycles. The Kier molecular flexibility index (Phi) is 4.91. The standard InChI is InChI=1S/C22H22ClN3O3/c23-18-3-2-16(21-17(18)13-24-22(21)27)20-12-14-11-15(1-4-19(14)25-20)29-10-7-26-5-8-28-9-6-26/h1-4,11-12,25H,5-10,13H2,(H,24,27). The fraction of sp³-hybridized carbons (Fsp3) is 0.318. The molecule has 1 amide bonds. The SMILES string of the molecule is O=C1NCc2c(Cl)ccc(-c3cc4cc(OCCN5CCOCC5)ccc4[nH]3)c21. The molecule has 0 spiro atoms. The average molecular weight is 412 g/mol. The molecule has 2 aromatic carbocycles. The number of hydrogen-bond donors (Lipinski definition) is 2. The highest BCUT2D eigenvalue weighted by atomic mass is 35.5. The summed E-state index contributed by atoms with van der Waals surface area (Å²) in [6.45, 7) is 5.53. The molecular weight excluding hydrogens is 390 g/mol. The summed E-state index contributed by atoms with van der Waals surface area (Å²) in [5.41, 5.74) is 4.29. The molecule has 6 nitrogen and oxygen atoms in total. The van der Waals surface area contributed by atoms with Gasteiger partial charge < -0.3 is 19.8 Å². The highest BCUT2D eigenvalue weighted by Gasteiger charge is 2.26. The van der Waals surface area contributed by atoms with Crippen LogP contribution >= 0.6 is 11.6 Å². The maximum absolute atomic E-state index is 12.3. The van der Waals surface area contributed by atoms with Crippen LogP contribution in [-0.4, -0.2) is 55.2 Å². The largest absolute Gasteiger partial charge is 0.492 e. The number of nitrogens with zero attached hydrogens (tertiary/aromatic N) is 1. The molecule has 1 aromatic heterocycles. The van der Waals surface area contributed by atoms with Crippen LogP contribution in [0.4, 0.5) is 0 Å². The molecule has 0 atom stereocenters. The van der Waals surface area contributed by atoms with Gasteiger partial charge in [0.05, 0.1) is 18.8 Å². The van der Waals surface area contributed by atoms with Gasteiger partial charge in [0.2, 0.25) is 0 Å². The van der Waals surface area contributed by atoms with Crippen molar-refractivity contribution in [3.63, 3.8) is 0 Å². The molecule has 0 bridgehead atoms. The van der Waals surface area contributed by atoms with Crippen LogP contribution in [-0.2, 0) is 11.3 Å². The molecule has 29 heavy (non-hydrogen) atoms. The van der Waals surface area contributed by atoms with Crippen LogP contribution in [0.25, 0.3) is 22.2 Å². The van der Waals surface area contributed by atoms with Crippen LogP contribution in [0.3, 0.4) is 0 Å². The third kappa shape index (κ3) is 3.59. The third-order valence-electron chi connectivity index (χ3n) is 5.57. The topological polar surface area (TPSA) is 66.6 Å². The van der Waals surface area contributed by atoms with Crippen molar-refractivity contribution < 1.29 is 14.3 Å². The van der Waals surface area contributed by atoms with Gasteiger partial charge in [-0.3, -0.25) is 9.69 Å². The highest BCUT2D eigenvalue weighted by Crippen LogP contribution is 2.35. The Morgan fingerprint density at radius 1 is 1.14 bits per heavy atom. The van der Waals surface area contributed by atoms with E-state index in [1.807, 2.05) is 30.3 Å². The maximum atomic E-state index is 12.3. The Hall–Kier alpha value is -2.54. The lowest BCUT2D eigenvalue weighted by Gasteiger charge is -2.26. The van der Waals surface area contributed by atoms with Crippen molar-refractivity contribution in [2.45, 2.75) is 6.54 Å². The minimum Gasteiger partial charge on any atom is -0.492 e. The summed E-state index contributed by atoms with van der Waals surface area (Å²) in [6.07, 6.45) is 0. The second kappa shape index (κ2) is 7.71. The Labute approximate surface area is 173 Å². The number of hydrogen-bond acceptors (Lipinski definition) is 4. The molecule has 5 rings (SSSR count). The molecule has 0 saturated carbocycles. The molecule has 2 aliphatic rings. The summed E-state index contributed by atoms with van der Waals surface area (Å²) in [4.78, 5) is 18.1. The summed E-state index contributed by atoms with van der Waals surface area (Å²) < 4.78 is 11.3. The van der Waals surface area contributed by atoms with Crippen LogP contribution < -0.4 is 10.1 Å². The van der Waals surface area contributed by atoms with E-state index in [-0.39, 0.29) is 5.91 Å². The van der Waals surface area contributed by atoms with E-state index in [4.69, 9.17) is 21.1 Å². The fourth-order valence-corrected chi connectivity index (χ4v) is 4.22. The molecule has 7 heteroatoms. The van der Waals surface area contributed by atoms with Gasteiger partial charge in [0.25, 0.3) is 5.91 Å². The molecule has 0 radical (unpaired) electrons. The van der Waals surface area contributed by atoms with E-state index in [0.717, 1.165) is 66.3 Å². The van der Waals surface area contributed by atoms with Crippen molar-refractivity contribution in [1.82, 2.24) is 15.2 Å². The first-order valence-corrected chi connectivity index (χ1v) is 10.2. The van der Waals surface area contributed by atoms with Crippen molar-refractivity contribution in [2.24, 2.45) is 0 Å². The molecule has 2 N–H and O–H groups in total. The van der Waals surface area contributed by atoms with Crippen LogP contribution in [0.1, 0.15) is 15.9 Å². The van der Waals surface area contributed by atoms with Gasteiger partial charge in [-0.2, -0.15) is 0 Å². The minimum absolute atomic E-state index is 0.0803. The first-order valence-electron chi connectivity index (χ1n) is 9.85. The Bertz CT molecular complexity index is 1070. The predicted molar refractivity (Wildman–Crippen MR) is 113 cm³/mol. The van der Waals surface area contributed by atoms with E-state index in [1.165, 1.54) is 0 Å². The quantitative estimate of drug-likeness (QED) is 0.675. The van der Waals surface area contributed by atoms with Gasteiger partial charge in [0, 0.05) is 58.9 Å². The number of morpholine rings is 1. The molecule has 1 fully saturated rings. The lowest BCUT2D eigenvalue weighted by atomic mass is 10.0. The van der Waals surface area contributed by atoms with Crippen molar-refractivity contribution in [3.05, 3.63) is 52.5 Å². The molecule has 3 heterocycles. The van der Waals surface area contributed by atoms with Crippen molar-refractivity contribution in [2.75, 3.05) is 39.5 Å². The smallest absolute Gasteiger partial charge is 0.252 e. The zero-order valence-corrected chi connectivity index (χ0v) is 16.7. The van der Waals surface area contributed by atoms with E-state index in [9.17, 15) is 4.79 Å². The number of aromatic amines is 1. The maximum Gasteiger partial charge on any atom is 0.252 e. The fourth-order valence-electron chi connectivity index (χ4n) is 4.00. The van der Waals surface area contributed by atoms with E-state index in [2.05, 4.69) is 21.3 Å². The van der Waals surface area contributed by atoms with E-state index in [0.29, 0.717) is 23.7 Å². The van der Waals surface area contributed by atoms with Gasteiger partial charge >= 0.3 is 0 Å². The first kappa shape index (κ1) is 18.5. The van der Waals surface area contributed by atoms with Crippen LogP contribution in [0.2, 0.25) is 5.02 Å². The predicted octanol–water partition coefficient (Wildman–Crippen LogP) is 3.44. The summed E-state index contributed by atoms with van der Waals surface area (Å²) in [7, 11) is 0. The van der Waals surface area contributed by atoms with E-state index >= 15 is 0 Å². The molecule has 2 aliphatic heterocycles. The van der Waals surface area contributed by atoms with Crippen LogP contribution in [0.15, 0.2) is 36.4 Å². The van der Waals surface area contributed by atoms with Crippen molar-refractivity contribution in [1.29, 1.82) is 0 Å². The van der Waals surface area contributed by atoms with Gasteiger partial charge in [-0.1, -0.05) is 17.7 Å². The number of benzene rings is 2. The van der Waals surface area contributed by atoms with Gasteiger partial charge in [0.1, 0.15) is 12.4 Å². The Balaban J connectivity index is 1.36. The van der Waals surface area contributed by atoms with Gasteiger partial charge in [-0.25, -0.2) is 0 Å². The lowest BCUT2D eigenvalue weighted by Crippen LogP contribution is -2.38. The molecule has 1 saturated heterocycles. The van der Waals surface area contributed by atoms with Gasteiger partial charge in [-0.15, -0.1) is 0 Å². The van der Waals surface area contributed by atoms with Crippen LogP contribution in [0, 0.1) is 0 Å². The van der Waals surface area contributed by atoms with Crippen molar-refractivity contribution in [3.8, 4) is 17.0 Å². The summed E-state index contributed by atoms with van der Waals surface area (Å²) in [5, 5.41) is 4.53. The Morgan fingerprint density at radius 2 is 2.00 bits per heavy atom. The zero-order valence-electron chi connectivity index (χ0n) is 16.0. The lowest BCUT2D eigenvalue weighted by molar-refractivity contribution is 0.0322. The normalized spacial score (nSPS) is 16.8. The first-order chi connectivity index (χ1) is 14.2. The number of carbonyl (C=O) groups is 1. The second-order valence-corrected chi connectivity index (χ2v) is 7.77. The number of H-pyrrole nitrogens is 1. The average Bonchev–Trinajstić information content (AvgIpc) is 3.33. The monoisotopic (exact) mass is 411 g/mol. The molecule has 0 unspecified atom stereocenters. The zero-order chi connectivity index (χ0) is 19.8. The molecule has 3 aromatic rings. The number of fused-ring (bicyclic) bond motifs is 2. The van der Waals surface area contributed by atoms with Gasteiger partial charge in [0.15, 0.2) is 0 Å². The number of nitrogens with one attached hydrogen (secondary N) is 2. The summed E-state index contributed by atoms with van der Waals surface area (Å²) >= 11 is 6.27. The molecule has 150 valence electrons. The highest BCUT2D eigenvalue weighted by molar-refractivity contribution is 6.32. The minimum atomic E-state index is -0.0803. The number of carbonyl (C=O) groups excluding carboxylic acids is 1.